The average Bonchev–Trinajstić information content (AvgIpc) is 2.74. The molecule has 0 saturated carbocycles. The molecule has 0 aromatic heterocycles. The Balaban J connectivity index is 1.82. The lowest BCUT2D eigenvalue weighted by Gasteiger charge is -2.17. The van der Waals surface area contributed by atoms with Crippen LogP contribution in [0, 0.1) is 0 Å². The first-order chi connectivity index (χ1) is 13.3. The second-order valence-electron chi connectivity index (χ2n) is 6.34. The SMILES string of the molecule is Oc1ccccc1-c1cccc(-c2ccccc2)c1OCc1ccccc1. The maximum absolute atomic E-state index is 10.4. The van der Waals surface area contributed by atoms with Crippen LogP contribution in [-0.2, 0) is 6.61 Å². The third kappa shape index (κ3) is 3.70. The molecule has 0 saturated heterocycles. The van der Waals surface area contributed by atoms with E-state index in [0.717, 1.165) is 33.6 Å². The lowest BCUT2D eigenvalue weighted by Crippen LogP contribution is -1.99. The van der Waals surface area contributed by atoms with Gasteiger partial charge >= 0.3 is 0 Å². The number of para-hydroxylation sites is 2. The van der Waals surface area contributed by atoms with Crippen LogP contribution < -0.4 is 4.74 Å². The summed E-state index contributed by atoms with van der Waals surface area (Å²) >= 11 is 0. The Labute approximate surface area is 159 Å². The van der Waals surface area contributed by atoms with E-state index in [2.05, 4.69) is 18.2 Å². The highest BCUT2D eigenvalue weighted by Crippen LogP contribution is 2.42. The molecule has 0 aliphatic rings. The van der Waals surface area contributed by atoms with Gasteiger partial charge in [0.25, 0.3) is 0 Å². The molecule has 0 atom stereocenters. The zero-order valence-corrected chi connectivity index (χ0v) is 14.9. The third-order valence-electron chi connectivity index (χ3n) is 4.52. The lowest BCUT2D eigenvalue weighted by molar-refractivity contribution is 0.308. The molecule has 0 unspecified atom stereocenters. The van der Waals surface area contributed by atoms with E-state index >= 15 is 0 Å². The van der Waals surface area contributed by atoms with Crippen LogP contribution >= 0.6 is 0 Å². The molecule has 0 bridgehead atoms. The smallest absolute Gasteiger partial charge is 0.135 e. The first-order valence-electron chi connectivity index (χ1n) is 8.96. The number of phenols is 1. The quantitative estimate of drug-likeness (QED) is 0.456. The first kappa shape index (κ1) is 16.9. The van der Waals surface area contributed by atoms with E-state index in [1.165, 1.54) is 0 Å². The summed E-state index contributed by atoms with van der Waals surface area (Å²) in [6.07, 6.45) is 0. The Kier molecular flexibility index (Phi) is 4.88. The number of ether oxygens (including phenoxy) is 1. The fourth-order valence-electron chi connectivity index (χ4n) is 3.18. The molecule has 0 amide bonds. The van der Waals surface area contributed by atoms with Gasteiger partial charge in [-0.3, -0.25) is 0 Å². The molecule has 0 aliphatic heterocycles. The van der Waals surface area contributed by atoms with Crippen molar-refractivity contribution < 1.29 is 9.84 Å². The van der Waals surface area contributed by atoms with Crippen molar-refractivity contribution in [3.05, 3.63) is 109 Å². The number of hydrogen-bond donors (Lipinski definition) is 1. The van der Waals surface area contributed by atoms with Gasteiger partial charge in [0, 0.05) is 16.7 Å². The molecule has 0 aliphatic carbocycles. The van der Waals surface area contributed by atoms with E-state index in [9.17, 15) is 5.11 Å². The lowest BCUT2D eigenvalue weighted by atomic mass is 9.96. The molecule has 2 heteroatoms. The van der Waals surface area contributed by atoms with E-state index in [1.807, 2.05) is 78.9 Å². The Bertz CT molecular complexity index is 1020. The molecule has 1 N–H and O–H groups in total. The topological polar surface area (TPSA) is 29.5 Å². The first-order valence-corrected chi connectivity index (χ1v) is 8.96. The Hall–Kier alpha value is -3.52. The van der Waals surface area contributed by atoms with E-state index in [-0.39, 0.29) is 5.75 Å². The highest BCUT2D eigenvalue weighted by Gasteiger charge is 2.15. The number of benzene rings is 4. The van der Waals surface area contributed by atoms with Crippen LogP contribution in [0.25, 0.3) is 22.3 Å². The third-order valence-corrected chi connectivity index (χ3v) is 4.52. The summed E-state index contributed by atoms with van der Waals surface area (Å²) in [5.41, 5.74) is 4.83. The molecule has 0 heterocycles. The minimum absolute atomic E-state index is 0.243. The van der Waals surface area contributed by atoms with Crippen molar-refractivity contribution >= 4 is 0 Å². The van der Waals surface area contributed by atoms with Crippen molar-refractivity contribution in [1.29, 1.82) is 0 Å². The predicted molar refractivity (Wildman–Crippen MR) is 110 cm³/mol. The predicted octanol–water partition coefficient (Wildman–Crippen LogP) is 6.31. The fourth-order valence-corrected chi connectivity index (χ4v) is 3.18. The van der Waals surface area contributed by atoms with Crippen molar-refractivity contribution in [2.45, 2.75) is 6.61 Å². The zero-order valence-electron chi connectivity index (χ0n) is 14.9. The van der Waals surface area contributed by atoms with Crippen molar-refractivity contribution in [3.8, 4) is 33.8 Å². The largest absolute Gasteiger partial charge is 0.507 e. The molecule has 4 rings (SSSR count). The summed E-state index contributed by atoms with van der Waals surface area (Å²) < 4.78 is 6.31. The van der Waals surface area contributed by atoms with Gasteiger partial charge in [-0.05, 0) is 17.2 Å². The van der Waals surface area contributed by atoms with E-state index in [0.29, 0.717) is 6.61 Å². The van der Waals surface area contributed by atoms with Gasteiger partial charge in [0.2, 0.25) is 0 Å². The highest BCUT2D eigenvalue weighted by molar-refractivity contribution is 5.84. The molecule has 0 fully saturated rings. The maximum Gasteiger partial charge on any atom is 0.135 e. The molecule has 2 nitrogen and oxygen atoms in total. The fraction of sp³-hybridized carbons (Fsp3) is 0.0400. The summed E-state index contributed by atoms with van der Waals surface area (Å²) in [5.74, 6) is 1.02. The van der Waals surface area contributed by atoms with Crippen LogP contribution in [0.15, 0.2) is 103 Å². The molecular formula is C25H20O2. The number of phenolic OH excluding ortho intramolecular Hbond substituents is 1. The van der Waals surface area contributed by atoms with Crippen LogP contribution in [-0.4, -0.2) is 5.11 Å². The van der Waals surface area contributed by atoms with Gasteiger partial charge in [0.05, 0.1) is 0 Å². The van der Waals surface area contributed by atoms with Gasteiger partial charge in [-0.1, -0.05) is 97.1 Å². The van der Waals surface area contributed by atoms with Crippen LogP contribution in [0.4, 0.5) is 0 Å². The summed E-state index contributed by atoms with van der Waals surface area (Å²) in [7, 11) is 0. The van der Waals surface area contributed by atoms with Crippen LogP contribution in [0.2, 0.25) is 0 Å². The molecule has 0 spiro atoms. The zero-order chi connectivity index (χ0) is 18.5. The van der Waals surface area contributed by atoms with Gasteiger partial charge < -0.3 is 9.84 Å². The summed E-state index contributed by atoms with van der Waals surface area (Å²) in [6, 6.07) is 33.7. The van der Waals surface area contributed by atoms with Crippen molar-refractivity contribution in [3.63, 3.8) is 0 Å². The minimum Gasteiger partial charge on any atom is -0.507 e. The van der Waals surface area contributed by atoms with Gasteiger partial charge in [-0.25, -0.2) is 0 Å². The van der Waals surface area contributed by atoms with Crippen molar-refractivity contribution in [2.75, 3.05) is 0 Å². The van der Waals surface area contributed by atoms with Crippen LogP contribution in [0.1, 0.15) is 5.56 Å². The van der Waals surface area contributed by atoms with Crippen LogP contribution in [0.5, 0.6) is 11.5 Å². The van der Waals surface area contributed by atoms with E-state index in [1.54, 1.807) is 6.07 Å². The van der Waals surface area contributed by atoms with Gasteiger partial charge in [-0.15, -0.1) is 0 Å². The number of rotatable bonds is 5. The number of aromatic hydroxyl groups is 1. The van der Waals surface area contributed by atoms with E-state index in [4.69, 9.17) is 4.74 Å². The standard InChI is InChI=1S/C25H20O2/c26-24-17-8-7-14-22(24)23-16-9-15-21(20-12-5-2-6-13-20)25(23)27-18-19-10-3-1-4-11-19/h1-17,26H,18H2. The summed E-state index contributed by atoms with van der Waals surface area (Å²) in [6.45, 7) is 0.464. The molecular weight excluding hydrogens is 332 g/mol. The summed E-state index contributed by atoms with van der Waals surface area (Å²) in [4.78, 5) is 0. The monoisotopic (exact) mass is 352 g/mol. The Morgan fingerprint density at radius 3 is 1.89 bits per heavy atom. The Morgan fingerprint density at radius 1 is 0.556 bits per heavy atom. The van der Waals surface area contributed by atoms with Crippen molar-refractivity contribution in [2.24, 2.45) is 0 Å². The number of hydrogen-bond acceptors (Lipinski definition) is 2. The van der Waals surface area contributed by atoms with Gasteiger partial charge in [0.15, 0.2) is 0 Å². The molecule has 27 heavy (non-hydrogen) atoms. The van der Waals surface area contributed by atoms with Gasteiger partial charge in [0.1, 0.15) is 18.1 Å². The Morgan fingerprint density at radius 2 is 1.15 bits per heavy atom. The summed E-state index contributed by atoms with van der Waals surface area (Å²) in [5, 5.41) is 10.4. The maximum atomic E-state index is 10.4. The second-order valence-corrected chi connectivity index (χ2v) is 6.34. The minimum atomic E-state index is 0.243. The molecule has 4 aromatic carbocycles. The van der Waals surface area contributed by atoms with Crippen LogP contribution in [0.3, 0.4) is 0 Å². The normalized spacial score (nSPS) is 10.5. The molecule has 4 aromatic rings. The second kappa shape index (κ2) is 7.79. The molecule has 132 valence electrons. The van der Waals surface area contributed by atoms with E-state index < -0.39 is 0 Å². The molecule has 0 radical (unpaired) electrons. The highest BCUT2D eigenvalue weighted by atomic mass is 16.5. The average molecular weight is 352 g/mol. The van der Waals surface area contributed by atoms with Crippen molar-refractivity contribution in [1.82, 2.24) is 0 Å². The van der Waals surface area contributed by atoms with Gasteiger partial charge in [-0.2, -0.15) is 0 Å².